The van der Waals surface area contributed by atoms with Crippen LogP contribution >= 0.6 is 0 Å². The van der Waals surface area contributed by atoms with Crippen LogP contribution in [0.25, 0.3) is 0 Å². The van der Waals surface area contributed by atoms with Gasteiger partial charge in [0.15, 0.2) is 0 Å². The molecule has 4 nitrogen and oxygen atoms in total. The summed E-state index contributed by atoms with van der Waals surface area (Å²) in [5.74, 6) is 0. The highest BCUT2D eigenvalue weighted by molar-refractivity contribution is 6.45. The molecule has 0 aromatic heterocycles. The second-order valence-electron chi connectivity index (χ2n) is 5.58. The van der Waals surface area contributed by atoms with Crippen LogP contribution in [0.15, 0.2) is 12.1 Å². The Labute approximate surface area is 122 Å². The van der Waals surface area contributed by atoms with E-state index in [-0.39, 0.29) is 7.05 Å². The van der Waals surface area contributed by atoms with Gasteiger partial charge in [0, 0.05) is 19.4 Å². The molecule has 0 atom stereocenters. The molecule has 0 aliphatic carbocycles. The van der Waals surface area contributed by atoms with Crippen LogP contribution in [0.5, 0.6) is 0 Å². The number of aryl methyl sites for hydroxylation is 1. The SMILES string of the molecule is COCCCc1cc2c(cc1N)CCN(B(C)O)CC2. The lowest BCUT2D eigenvalue weighted by Gasteiger charge is -2.19. The zero-order valence-corrected chi connectivity index (χ0v) is 12.6. The molecule has 20 heavy (non-hydrogen) atoms. The molecule has 1 aliphatic heterocycles. The van der Waals surface area contributed by atoms with Gasteiger partial charge in [-0.3, -0.25) is 0 Å². The third kappa shape index (κ3) is 3.75. The van der Waals surface area contributed by atoms with Crippen molar-refractivity contribution in [2.75, 3.05) is 32.5 Å². The van der Waals surface area contributed by atoms with Crippen LogP contribution in [0.2, 0.25) is 6.82 Å². The molecule has 0 bridgehead atoms. The first kappa shape index (κ1) is 15.4. The fourth-order valence-corrected chi connectivity index (χ4v) is 2.86. The first-order chi connectivity index (χ1) is 9.61. The molecule has 1 heterocycles. The summed E-state index contributed by atoms with van der Waals surface area (Å²) in [5, 5.41) is 9.72. The van der Waals surface area contributed by atoms with E-state index < -0.39 is 0 Å². The molecule has 2 rings (SSSR count). The summed E-state index contributed by atoms with van der Waals surface area (Å²) < 4.78 is 5.10. The Hall–Kier alpha value is -1.04. The topological polar surface area (TPSA) is 58.7 Å². The van der Waals surface area contributed by atoms with Gasteiger partial charge in [0.1, 0.15) is 0 Å². The molecule has 0 amide bonds. The summed E-state index contributed by atoms with van der Waals surface area (Å²) >= 11 is 0. The highest BCUT2D eigenvalue weighted by Crippen LogP contribution is 2.24. The average Bonchev–Trinajstić information content (AvgIpc) is 2.61. The number of methoxy groups -OCH3 is 1. The second kappa shape index (κ2) is 7.11. The molecule has 0 spiro atoms. The first-order valence-electron chi connectivity index (χ1n) is 7.43. The van der Waals surface area contributed by atoms with Crippen LogP contribution in [0.3, 0.4) is 0 Å². The number of hydrogen-bond donors (Lipinski definition) is 2. The lowest BCUT2D eigenvalue weighted by atomic mass is 9.85. The maximum atomic E-state index is 9.72. The normalized spacial score (nSPS) is 15.8. The molecule has 0 radical (unpaired) electrons. The molecular weight excluding hydrogens is 251 g/mol. The number of benzene rings is 1. The zero-order chi connectivity index (χ0) is 14.5. The molecule has 0 fully saturated rings. The quantitative estimate of drug-likeness (QED) is 0.484. The Balaban J connectivity index is 2.11. The standard InChI is InChI=1S/C15H25BN2O2/c1-16(19)18-7-5-12-10-14(4-3-9-20-2)15(17)11-13(12)6-8-18/h10-11,19H,3-9,17H2,1-2H3. The fourth-order valence-electron chi connectivity index (χ4n) is 2.86. The van der Waals surface area contributed by atoms with Gasteiger partial charge in [0.05, 0.1) is 0 Å². The van der Waals surface area contributed by atoms with Crippen LogP contribution in [0, 0.1) is 0 Å². The van der Waals surface area contributed by atoms with Crippen molar-refractivity contribution in [1.82, 2.24) is 4.81 Å². The number of anilines is 1. The van der Waals surface area contributed by atoms with Crippen LogP contribution in [-0.4, -0.2) is 43.7 Å². The lowest BCUT2D eigenvalue weighted by Crippen LogP contribution is -2.38. The summed E-state index contributed by atoms with van der Waals surface area (Å²) in [6.07, 6.45) is 3.91. The van der Waals surface area contributed by atoms with Gasteiger partial charge in [-0.2, -0.15) is 0 Å². The minimum absolute atomic E-state index is 0.372. The molecule has 1 aliphatic rings. The van der Waals surface area contributed by atoms with E-state index in [1.807, 2.05) is 6.82 Å². The van der Waals surface area contributed by atoms with Gasteiger partial charge in [0.2, 0.25) is 0 Å². The molecule has 1 aromatic carbocycles. The van der Waals surface area contributed by atoms with Crippen molar-refractivity contribution in [1.29, 1.82) is 0 Å². The van der Waals surface area contributed by atoms with Crippen LogP contribution in [0.4, 0.5) is 5.69 Å². The maximum Gasteiger partial charge on any atom is 0.376 e. The number of nitrogens with two attached hydrogens (primary N) is 1. The van der Waals surface area contributed by atoms with Crippen LogP contribution in [-0.2, 0) is 24.0 Å². The van der Waals surface area contributed by atoms with Crippen LogP contribution in [0.1, 0.15) is 23.1 Å². The Kier molecular flexibility index (Phi) is 5.46. The van der Waals surface area contributed by atoms with E-state index >= 15 is 0 Å². The molecule has 3 N–H and O–H groups in total. The third-order valence-corrected chi connectivity index (χ3v) is 4.12. The van der Waals surface area contributed by atoms with E-state index in [9.17, 15) is 5.02 Å². The van der Waals surface area contributed by atoms with Crippen molar-refractivity contribution in [3.05, 3.63) is 28.8 Å². The lowest BCUT2D eigenvalue weighted by molar-refractivity contribution is 0.195. The Bertz CT molecular complexity index is 452. The van der Waals surface area contributed by atoms with Crippen molar-refractivity contribution >= 4 is 12.7 Å². The molecule has 0 saturated heterocycles. The van der Waals surface area contributed by atoms with Crippen molar-refractivity contribution in [3.63, 3.8) is 0 Å². The van der Waals surface area contributed by atoms with Gasteiger partial charge < -0.3 is 20.3 Å². The molecule has 0 unspecified atom stereocenters. The minimum atomic E-state index is -0.372. The van der Waals surface area contributed by atoms with E-state index in [0.717, 1.165) is 51.1 Å². The predicted molar refractivity (Wildman–Crippen MR) is 83.9 cm³/mol. The summed E-state index contributed by atoms with van der Waals surface area (Å²) in [7, 11) is 1.35. The van der Waals surface area contributed by atoms with Gasteiger partial charge in [-0.25, -0.2) is 0 Å². The smallest absolute Gasteiger partial charge is 0.376 e. The highest BCUT2D eigenvalue weighted by atomic mass is 16.5. The van der Waals surface area contributed by atoms with Gasteiger partial charge in [0.25, 0.3) is 0 Å². The average molecular weight is 276 g/mol. The number of nitrogens with zero attached hydrogens (tertiary/aromatic N) is 1. The number of fused-ring (bicyclic) bond motifs is 1. The van der Waals surface area contributed by atoms with E-state index in [1.165, 1.54) is 16.7 Å². The third-order valence-electron chi connectivity index (χ3n) is 4.12. The molecule has 5 heteroatoms. The molecule has 0 saturated carbocycles. The van der Waals surface area contributed by atoms with Crippen molar-refractivity contribution in [2.45, 2.75) is 32.5 Å². The fraction of sp³-hybridized carbons (Fsp3) is 0.600. The van der Waals surface area contributed by atoms with E-state index in [4.69, 9.17) is 10.5 Å². The number of hydrogen-bond acceptors (Lipinski definition) is 4. The minimum Gasteiger partial charge on any atom is -0.437 e. The van der Waals surface area contributed by atoms with Crippen molar-refractivity contribution < 1.29 is 9.76 Å². The second-order valence-corrected chi connectivity index (χ2v) is 5.58. The number of ether oxygens (including phenoxy) is 1. The van der Waals surface area contributed by atoms with Crippen molar-refractivity contribution in [3.8, 4) is 0 Å². The van der Waals surface area contributed by atoms with Gasteiger partial charge in [-0.1, -0.05) is 6.07 Å². The van der Waals surface area contributed by atoms with Crippen molar-refractivity contribution in [2.24, 2.45) is 0 Å². The molecular formula is C15H25BN2O2. The monoisotopic (exact) mass is 276 g/mol. The van der Waals surface area contributed by atoms with Gasteiger partial charge in [-0.05, 0) is 68.4 Å². The first-order valence-corrected chi connectivity index (χ1v) is 7.43. The predicted octanol–water partition coefficient (Wildman–Crippen LogP) is 1.36. The van der Waals surface area contributed by atoms with E-state index in [1.54, 1.807) is 7.11 Å². The summed E-state index contributed by atoms with van der Waals surface area (Å²) in [6.45, 7) is 4.41. The van der Waals surface area contributed by atoms with Gasteiger partial charge in [-0.15, -0.1) is 0 Å². The van der Waals surface area contributed by atoms with Gasteiger partial charge >= 0.3 is 7.05 Å². The molecule has 1 aromatic rings. The Morgan fingerprint density at radius 1 is 1.30 bits per heavy atom. The molecule has 110 valence electrons. The van der Waals surface area contributed by atoms with E-state index in [2.05, 4.69) is 16.9 Å². The Morgan fingerprint density at radius 3 is 2.55 bits per heavy atom. The Morgan fingerprint density at radius 2 is 1.95 bits per heavy atom. The summed E-state index contributed by atoms with van der Waals surface area (Å²) in [5.41, 5.74) is 11.0. The highest BCUT2D eigenvalue weighted by Gasteiger charge is 2.20. The summed E-state index contributed by atoms with van der Waals surface area (Å²) in [6, 6.07) is 4.38. The number of nitrogen functional groups attached to an aromatic ring is 1. The maximum absolute atomic E-state index is 9.72. The zero-order valence-electron chi connectivity index (χ0n) is 12.6. The van der Waals surface area contributed by atoms with E-state index in [0.29, 0.717) is 0 Å². The largest absolute Gasteiger partial charge is 0.437 e. The van der Waals surface area contributed by atoms with Crippen LogP contribution < -0.4 is 5.73 Å². The summed E-state index contributed by atoms with van der Waals surface area (Å²) in [4.78, 5) is 2.11. The number of rotatable bonds is 5.